The number of nitrogens with zero attached hydrogens (tertiary/aromatic N) is 3. The van der Waals surface area contributed by atoms with Crippen molar-refractivity contribution in [1.82, 2.24) is 14.7 Å². The first kappa shape index (κ1) is 18.0. The number of ether oxygens (including phenoxy) is 1. The first-order valence-corrected chi connectivity index (χ1v) is 8.08. The zero-order valence-electron chi connectivity index (χ0n) is 13.4. The Morgan fingerprint density at radius 3 is 2.88 bits per heavy atom. The lowest BCUT2D eigenvalue weighted by Crippen LogP contribution is -2.35. The summed E-state index contributed by atoms with van der Waals surface area (Å²) >= 11 is 0. The maximum atomic E-state index is 14.6. The molecule has 1 aromatic rings. The molecule has 0 fully saturated rings. The molecule has 10 heteroatoms. The van der Waals surface area contributed by atoms with Gasteiger partial charge < -0.3 is 14.7 Å². The number of carbonyl (C=O) groups is 1. The number of carboxylic acid groups (broad SMARTS) is 1. The lowest BCUT2D eigenvalue weighted by Gasteiger charge is -2.25. The molecule has 25 heavy (non-hydrogen) atoms. The van der Waals surface area contributed by atoms with E-state index in [2.05, 4.69) is 5.10 Å². The minimum atomic E-state index is -3.14. The number of hydrogen-bond acceptors (Lipinski definition) is 3. The molecule has 0 spiro atoms. The van der Waals surface area contributed by atoms with Crippen molar-refractivity contribution in [3.8, 4) is 0 Å². The molecule has 6 nitrogen and oxygen atoms in total. The summed E-state index contributed by atoms with van der Waals surface area (Å²) < 4.78 is 59.8. The molecule has 1 aromatic heterocycles. The summed E-state index contributed by atoms with van der Waals surface area (Å²) in [7, 11) is 0. The van der Waals surface area contributed by atoms with Crippen molar-refractivity contribution in [1.29, 1.82) is 0 Å². The number of alkyl halides is 4. The van der Waals surface area contributed by atoms with E-state index in [-0.39, 0.29) is 56.3 Å². The second kappa shape index (κ2) is 6.81. The minimum Gasteiger partial charge on any atom is -0.465 e. The van der Waals surface area contributed by atoms with E-state index in [0.29, 0.717) is 5.69 Å². The standard InChI is InChI=1S/C15H19F4N3O3/c16-12(17)8-25-7-9-1-3-15(18,19)13-10-6-21(14(23)24)4-2-11(10)20-22(13)5-9/h9,12H,1-8H2,(H,23,24). The van der Waals surface area contributed by atoms with Crippen LogP contribution in [-0.2, 0) is 30.2 Å². The van der Waals surface area contributed by atoms with Gasteiger partial charge in [-0.05, 0) is 6.42 Å². The Labute approximate surface area is 141 Å². The van der Waals surface area contributed by atoms with Crippen molar-refractivity contribution >= 4 is 6.09 Å². The third-order valence-electron chi connectivity index (χ3n) is 4.61. The van der Waals surface area contributed by atoms with Gasteiger partial charge >= 0.3 is 6.09 Å². The van der Waals surface area contributed by atoms with Gasteiger partial charge in [0.05, 0.1) is 18.8 Å². The molecule has 0 aliphatic carbocycles. The Morgan fingerprint density at radius 2 is 2.20 bits per heavy atom. The molecule has 2 aliphatic rings. The topological polar surface area (TPSA) is 67.6 Å². The molecular weight excluding hydrogens is 346 g/mol. The number of hydrogen-bond donors (Lipinski definition) is 1. The predicted molar refractivity (Wildman–Crippen MR) is 77.8 cm³/mol. The monoisotopic (exact) mass is 365 g/mol. The molecule has 140 valence electrons. The average molecular weight is 365 g/mol. The van der Waals surface area contributed by atoms with E-state index in [1.54, 1.807) is 0 Å². The van der Waals surface area contributed by atoms with Gasteiger partial charge in [0.1, 0.15) is 12.3 Å². The first-order chi connectivity index (χ1) is 11.8. The quantitative estimate of drug-likeness (QED) is 0.833. The van der Waals surface area contributed by atoms with Crippen LogP contribution in [0.25, 0.3) is 0 Å². The maximum Gasteiger partial charge on any atom is 0.407 e. The minimum absolute atomic E-state index is 0.0361. The fraction of sp³-hybridized carbons (Fsp3) is 0.733. The van der Waals surface area contributed by atoms with Gasteiger partial charge in [-0.1, -0.05) is 0 Å². The van der Waals surface area contributed by atoms with Crippen LogP contribution in [0.3, 0.4) is 0 Å². The van der Waals surface area contributed by atoms with Crippen molar-refractivity contribution in [2.75, 3.05) is 19.8 Å². The van der Waals surface area contributed by atoms with Gasteiger partial charge in [-0.25, -0.2) is 13.6 Å². The highest BCUT2D eigenvalue weighted by Crippen LogP contribution is 2.41. The molecule has 2 aliphatic heterocycles. The molecule has 0 saturated carbocycles. The third-order valence-corrected chi connectivity index (χ3v) is 4.61. The fourth-order valence-electron chi connectivity index (χ4n) is 3.43. The zero-order valence-corrected chi connectivity index (χ0v) is 13.4. The van der Waals surface area contributed by atoms with Crippen molar-refractivity contribution in [2.24, 2.45) is 5.92 Å². The highest BCUT2D eigenvalue weighted by Gasteiger charge is 2.43. The molecule has 1 N–H and O–H groups in total. The molecule has 1 atom stereocenters. The van der Waals surface area contributed by atoms with Crippen LogP contribution in [-0.4, -0.2) is 52.1 Å². The summed E-state index contributed by atoms with van der Waals surface area (Å²) in [4.78, 5) is 12.2. The Hall–Kier alpha value is -1.84. The predicted octanol–water partition coefficient (Wildman–Crippen LogP) is 2.70. The summed E-state index contributed by atoms with van der Waals surface area (Å²) in [5, 5.41) is 13.4. The first-order valence-electron chi connectivity index (χ1n) is 8.08. The molecule has 3 heterocycles. The molecule has 0 bridgehead atoms. The van der Waals surface area contributed by atoms with Crippen molar-refractivity contribution in [2.45, 2.75) is 44.7 Å². The van der Waals surface area contributed by atoms with E-state index < -0.39 is 31.5 Å². The van der Waals surface area contributed by atoms with E-state index in [9.17, 15) is 22.4 Å². The van der Waals surface area contributed by atoms with Crippen LogP contribution in [0.2, 0.25) is 0 Å². The third kappa shape index (κ3) is 3.73. The molecule has 0 saturated heterocycles. The smallest absolute Gasteiger partial charge is 0.407 e. The SMILES string of the molecule is O=C(O)N1CCc2nn3c(c2C1)C(F)(F)CCC(COCC(F)F)C3. The fourth-order valence-corrected chi connectivity index (χ4v) is 3.43. The lowest BCUT2D eigenvalue weighted by atomic mass is 9.98. The largest absolute Gasteiger partial charge is 0.465 e. The Morgan fingerprint density at radius 1 is 1.44 bits per heavy atom. The van der Waals surface area contributed by atoms with Crippen LogP contribution in [0.15, 0.2) is 0 Å². The molecule has 1 unspecified atom stereocenters. The summed E-state index contributed by atoms with van der Waals surface area (Å²) in [5.41, 5.74) is 0.513. The lowest BCUT2D eigenvalue weighted by molar-refractivity contribution is -0.0274. The van der Waals surface area contributed by atoms with Crippen LogP contribution in [0, 0.1) is 5.92 Å². The van der Waals surface area contributed by atoms with Crippen molar-refractivity contribution in [3.05, 3.63) is 17.0 Å². The molecule has 3 rings (SSSR count). The van der Waals surface area contributed by atoms with Gasteiger partial charge in [0.2, 0.25) is 0 Å². The van der Waals surface area contributed by atoms with Crippen LogP contribution in [0.5, 0.6) is 0 Å². The van der Waals surface area contributed by atoms with Crippen LogP contribution in [0.4, 0.5) is 22.4 Å². The van der Waals surface area contributed by atoms with E-state index in [0.717, 1.165) is 4.90 Å². The highest BCUT2D eigenvalue weighted by molar-refractivity contribution is 5.65. The van der Waals surface area contributed by atoms with E-state index in [1.807, 2.05) is 0 Å². The molecular formula is C15H19F4N3O3. The van der Waals surface area contributed by atoms with Gasteiger partial charge in [-0.3, -0.25) is 4.68 Å². The van der Waals surface area contributed by atoms with E-state index in [4.69, 9.17) is 9.84 Å². The summed E-state index contributed by atoms with van der Waals surface area (Å²) in [6.45, 7) is -0.504. The highest BCUT2D eigenvalue weighted by atomic mass is 19.3. The molecule has 1 amide bonds. The Balaban J connectivity index is 1.83. The van der Waals surface area contributed by atoms with Gasteiger partial charge in [-0.2, -0.15) is 13.9 Å². The van der Waals surface area contributed by atoms with Gasteiger partial charge in [0.15, 0.2) is 0 Å². The number of rotatable bonds is 4. The van der Waals surface area contributed by atoms with Crippen LogP contribution < -0.4 is 0 Å². The van der Waals surface area contributed by atoms with Crippen LogP contribution in [0.1, 0.15) is 29.8 Å². The maximum absolute atomic E-state index is 14.6. The Kier molecular flexibility index (Phi) is 4.90. The molecule has 0 radical (unpaired) electrons. The summed E-state index contributed by atoms with van der Waals surface area (Å²) in [5.74, 6) is -3.48. The van der Waals surface area contributed by atoms with E-state index >= 15 is 0 Å². The normalized spacial score (nSPS) is 22.4. The van der Waals surface area contributed by atoms with Crippen molar-refractivity contribution in [3.63, 3.8) is 0 Å². The van der Waals surface area contributed by atoms with Crippen molar-refractivity contribution < 1.29 is 32.2 Å². The van der Waals surface area contributed by atoms with Gasteiger partial charge in [0, 0.05) is 37.4 Å². The number of amides is 1. The van der Waals surface area contributed by atoms with Gasteiger partial charge in [-0.15, -0.1) is 0 Å². The number of aromatic nitrogens is 2. The molecule has 0 aromatic carbocycles. The second-order valence-corrected chi connectivity index (χ2v) is 6.45. The number of halogens is 4. The van der Waals surface area contributed by atoms with Gasteiger partial charge in [0.25, 0.3) is 12.3 Å². The number of fused-ring (bicyclic) bond motifs is 3. The summed E-state index contributed by atoms with van der Waals surface area (Å²) in [6.07, 6.45) is -3.79. The second-order valence-electron chi connectivity index (χ2n) is 6.45. The van der Waals surface area contributed by atoms with E-state index in [1.165, 1.54) is 4.68 Å². The summed E-state index contributed by atoms with van der Waals surface area (Å²) in [6, 6.07) is 0. The zero-order chi connectivity index (χ0) is 18.2. The average Bonchev–Trinajstić information content (AvgIpc) is 2.83. The van der Waals surface area contributed by atoms with Crippen LogP contribution >= 0.6 is 0 Å². The Bertz CT molecular complexity index is 650.